The first kappa shape index (κ1) is 12.8. The first-order valence-electron chi connectivity index (χ1n) is 5.52. The zero-order valence-electron chi connectivity index (χ0n) is 10.1. The fourth-order valence-electron chi connectivity index (χ4n) is 1.67. The third kappa shape index (κ3) is 3.68. The van der Waals surface area contributed by atoms with Crippen LogP contribution in [-0.2, 0) is 4.79 Å². The Bertz CT molecular complexity index is 231. The molecule has 2 unspecified atom stereocenters. The van der Waals surface area contributed by atoms with Gasteiger partial charge in [0.2, 0.25) is 5.91 Å². The van der Waals surface area contributed by atoms with Crippen molar-refractivity contribution in [3.63, 3.8) is 0 Å². The number of amides is 1. The number of carbonyl (C=O) groups excluding carboxylic acids is 1. The van der Waals surface area contributed by atoms with E-state index in [0.29, 0.717) is 5.92 Å². The third-order valence-corrected chi connectivity index (χ3v) is 4.31. The Balaban J connectivity index is 2.36. The molecule has 1 amide bonds. The monoisotopic (exact) mass is 230 g/mol. The average molecular weight is 230 g/mol. The van der Waals surface area contributed by atoms with Crippen LogP contribution in [0.25, 0.3) is 0 Å². The van der Waals surface area contributed by atoms with Gasteiger partial charge in [-0.3, -0.25) is 4.79 Å². The van der Waals surface area contributed by atoms with Gasteiger partial charge < -0.3 is 10.6 Å². The number of carbonyl (C=O) groups is 1. The largest absolute Gasteiger partial charge is 0.353 e. The quantitative estimate of drug-likeness (QED) is 0.763. The molecule has 0 radical (unpaired) electrons. The summed E-state index contributed by atoms with van der Waals surface area (Å²) >= 11 is 1.78. The van der Waals surface area contributed by atoms with Gasteiger partial charge in [0.05, 0.1) is 6.04 Å². The summed E-state index contributed by atoms with van der Waals surface area (Å²) < 4.78 is 0.123. The highest BCUT2D eigenvalue weighted by molar-refractivity contribution is 7.99. The van der Waals surface area contributed by atoms with E-state index in [1.807, 2.05) is 0 Å². The topological polar surface area (TPSA) is 41.1 Å². The Morgan fingerprint density at radius 3 is 2.73 bits per heavy atom. The first-order chi connectivity index (χ1) is 6.96. The molecular weight excluding hydrogens is 208 g/mol. The fourth-order valence-corrected chi connectivity index (χ4v) is 1.88. The Morgan fingerprint density at radius 2 is 2.27 bits per heavy atom. The minimum atomic E-state index is 0.0163. The summed E-state index contributed by atoms with van der Waals surface area (Å²) in [5.74, 6) is 0.615. The van der Waals surface area contributed by atoms with Gasteiger partial charge in [-0.05, 0) is 39.0 Å². The lowest BCUT2D eigenvalue weighted by atomic mass is 10.0. The molecule has 1 aliphatic heterocycles. The molecule has 1 aliphatic rings. The second-order valence-corrected chi connectivity index (χ2v) is 6.39. The van der Waals surface area contributed by atoms with Crippen LogP contribution in [0.5, 0.6) is 0 Å². The summed E-state index contributed by atoms with van der Waals surface area (Å²) in [5, 5.41) is 6.27. The summed E-state index contributed by atoms with van der Waals surface area (Å²) in [6.07, 6.45) is 3.17. The van der Waals surface area contributed by atoms with E-state index in [2.05, 4.69) is 37.7 Å². The van der Waals surface area contributed by atoms with Gasteiger partial charge in [0.25, 0.3) is 0 Å². The lowest BCUT2D eigenvalue weighted by Gasteiger charge is -2.24. The molecule has 0 saturated carbocycles. The predicted molar refractivity (Wildman–Crippen MR) is 66.2 cm³/mol. The van der Waals surface area contributed by atoms with E-state index in [0.717, 1.165) is 19.5 Å². The van der Waals surface area contributed by atoms with Crippen molar-refractivity contribution in [3.05, 3.63) is 0 Å². The van der Waals surface area contributed by atoms with Crippen LogP contribution < -0.4 is 10.6 Å². The Kier molecular flexibility index (Phi) is 4.46. The summed E-state index contributed by atoms with van der Waals surface area (Å²) in [5.41, 5.74) is 0. The van der Waals surface area contributed by atoms with Crippen LogP contribution >= 0.6 is 11.8 Å². The van der Waals surface area contributed by atoms with Crippen LogP contribution in [-0.4, -0.2) is 36.0 Å². The van der Waals surface area contributed by atoms with Crippen molar-refractivity contribution < 1.29 is 4.79 Å². The zero-order chi connectivity index (χ0) is 11.5. The molecule has 0 spiro atoms. The average Bonchev–Trinajstić information content (AvgIpc) is 2.61. The summed E-state index contributed by atoms with van der Waals surface area (Å²) in [6.45, 7) is 8.11. The third-order valence-electron chi connectivity index (χ3n) is 3.06. The molecule has 88 valence electrons. The maximum atomic E-state index is 11.8. The summed E-state index contributed by atoms with van der Waals surface area (Å²) in [6, 6.07) is 0.0163. The number of nitrogens with one attached hydrogen (secondary N) is 2. The molecule has 15 heavy (non-hydrogen) atoms. The molecular formula is C11H22N2OS. The van der Waals surface area contributed by atoms with Gasteiger partial charge in [-0.1, -0.05) is 6.92 Å². The molecule has 3 nitrogen and oxygen atoms in total. The van der Waals surface area contributed by atoms with Gasteiger partial charge in [-0.25, -0.2) is 0 Å². The van der Waals surface area contributed by atoms with Crippen LogP contribution in [0.3, 0.4) is 0 Å². The molecule has 0 bridgehead atoms. The first-order valence-corrected chi connectivity index (χ1v) is 6.75. The van der Waals surface area contributed by atoms with E-state index < -0.39 is 0 Å². The van der Waals surface area contributed by atoms with Crippen molar-refractivity contribution in [2.75, 3.05) is 19.3 Å². The van der Waals surface area contributed by atoms with Gasteiger partial charge in [0.15, 0.2) is 0 Å². The number of rotatable bonds is 4. The molecule has 2 atom stereocenters. The molecule has 0 aromatic rings. The molecule has 1 rings (SSSR count). The standard InChI is InChI=1S/C11H22N2OS/c1-8-5-6-12-9(8)10(14)13-7-11(2,3)15-4/h8-9,12H,5-7H2,1-4H3,(H,13,14). The van der Waals surface area contributed by atoms with Crippen molar-refractivity contribution in [2.45, 2.75) is 38.0 Å². The minimum Gasteiger partial charge on any atom is -0.353 e. The summed E-state index contributed by atoms with van der Waals surface area (Å²) in [4.78, 5) is 11.8. The molecule has 0 aliphatic carbocycles. The van der Waals surface area contributed by atoms with Crippen LogP contribution in [0, 0.1) is 5.92 Å². The number of thioether (sulfide) groups is 1. The lowest BCUT2D eigenvalue weighted by Crippen LogP contribution is -2.46. The maximum Gasteiger partial charge on any atom is 0.237 e. The molecule has 2 N–H and O–H groups in total. The van der Waals surface area contributed by atoms with Gasteiger partial charge in [0, 0.05) is 11.3 Å². The van der Waals surface area contributed by atoms with E-state index in [1.54, 1.807) is 11.8 Å². The molecule has 1 saturated heterocycles. The highest BCUT2D eigenvalue weighted by Gasteiger charge is 2.29. The van der Waals surface area contributed by atoms with Gasteiger partial charge in [-0.2, -0.15) is 11.8 Å². The second kappa shape index (κ2) is 5.21. The molecule has 4 heteroatoms. The van der Waals surface area contributed by atoms with E-state index in [4.69, 9.17) is 0 Å². The highest BCUT2D eigenvalue weighted by atomic mass is 32.2. The van der Waals surface area contributed by atoms with Crippen molar-refractivity contribution in [1.82, 2.24) is 10.6 Å². The van der Waals surface area contributed by atoms with Gasteiger partial charge in [0.1, 0.15) is 0 Å². The van der Waals surface area contributed by atoms with Crippen LogP contribution in [0.1, 0.15) is 27.2 Å². The van der Waals surface area contributed by atoms with Crippen molar-refractivity contribution in [1.29, 1.82) is 0 Å². The Hall–Kier alpha value is -0.220. The molecule has 0 aromatic carbocycles. The van der Waals surface area contributed by atoms with Crippen molar-refractivity contribution in [2.24, 2.45) is 5.92 Å². The number of hydrogen-bond donors (Lipinski definition) is 2. The molecule has 1 heterocycles. The van der Waals surface area contributed by atoms with E-state index in [9.17, 15) is 4.79 Å². The molecule has 1 fully saturated rings. The highest BCUT2D eigenvalue weighted by Crippen LogP contribution is 2.20. The molecule has 0 aromatic heterocycles. The smallest absolute Gasteiger partial charge is 0.237 e. The van der Waals surface area contributed by atoms with Crippen LogP contribution in [0.4, 0.5) is 0 Å². The normalized spacial score (nSPS) is 26.7. The predicted octanol–water partition coefficient (Wildman–Crippen LogP) is 1.24. The zero-order valence-corrected chi connectivity index (χ0v) is 10.9. The van der Waals surface area contributed by atoms with E-state index in [-0.39, 0.29) is 16.7 Å². The number of hydrogen-bond acceptors (Lipinski definition) is 3. The second-order valence-electron chi connectivity index (χ2n) is 4.88. The maximum absolute atomic E-state index is 11.8. The summed E-state index contributed by atoms with van der Waals surface area (Å²) in [7, 11) is 0. The SMILES string of the molecule is CSC(C)(C)CNC(=O)C1NCCC1C. The lowest BCUT2D eigenvalue weighted by molar-refractivity contribution is -0.123. The Labute approximate surface area is 96.8 Å². The fraction of sp³-hybridized carbons (Fsp3) is 0.909. The van der Waals surface area contributed by atoms with Gasteiger partial charge in [-0.15, -0.1) is 0 Å². The Morgan fingerprint density at radius 1 is 1.60 bits per heavy atom. The van der Waals surface area contributed by atoms with Crippen LogP contribution in [0.15, 0.2) is 0 Å². The van der Waals surface area contributed by atoms with E-state index >= 15 is 0 Å². The van der Waals surface area contributed by atoms with E-state index in [1.165, 1.54) is 0 Å². The minimum absolute atomic E-state index is 0.0163. The van der Waals surface area contributed by atoms with Crippen molar-refractivity contribution in [3.8, 4) is 0 Å². The van der Waals surface area contributed by atoms with Crippen LogP contribution in [0.2, 0.25) is 0 Å². The van der Waals surface area contributed by atoms with Crippen molar-refractivity contribution >= 4 is 17.7 Å². The van der Waals surface area contributed by atoms with Gasteiger partial charge >= 0.3 is 0 Å².